The van der Waals surface area contributed by atoms with Crippen LogP contribution in [0.25, 0.3) is 0 Å². The monoisotopic (exact) mass is 164 g/mol. The topological polar surface area (TPSA) is 0 Å². The molecule has 0 bridgehead atoms. The Morgan fingerprint density at radius 3 is 2.11 bits per heavy atom. The largest absolute Gasteiger partial charge is 0.0941 e. The Labute approximate surface area is 66.6 Å². The zero-order valence-electron chi connectivity index (χ0n) is 6.52. The molecule has 0 aromatic carbocycles. The summed E-state index contributed by atoms with van der Waals surface area (Å²) >= 11 is 0. The molecule has 1 atom stereocenters. The SMILES string of the molecule is CC.CC1CCSSC1. The fourth-order valence-electron chi connectivity index (χ4n) is 0.556. The average molecular weight is 164 g/mol. The van der Waals surface area contributed by atoms with Gasteiger partial charge in [0.2, 0.25) is 0 Å². The van der Waals surface area contributed by atoms with Crippen molar-refractivity contribution in [2.45, 2.75) is 27.2 Å². The summed E-state index contributed by atoms with van der Waals surface area (Å²) in [5.74, 6) is 3.71. The van der Waals surface area contributed by atoms with Crippen LogP contribution in [0.15, 0.2) is 0 Å². The third kappa shape index (κ3) is 5.16. The van der Waals surface area contributed by atoms with Gasteiger partial charge in [-0.05, 0) is 12.3 Å². The van der Waals surface area contributed by atoms with Gasteiger partial charge in [-0.3, -0.25) is 0 Å². The predicted octanol–water partition coefficient (Wildman–Crippen LogP) is 3.43. The lowest BCUT2D eigenvalue weighted by molar-refractivity contribution is 0.641. The van der Waals surface area contributed by atoms with E-state index in [-0.39, 0.29) is 0 Å². The van der Waals surface area contributed by atoms with Gasteiger partial charge in [0, 0.05) is 11.5 Å². The summed E-state index contributed by atoms with van der Waals surface area (Å²) in [5.41, 5.74) is 0. The maximum absolute atomic E-state index is 2.33. The van der Waals surface area contributed by atoms with Crippen LogP contribution in [-0.2, 0) is 0 Å². The minimum absolute atomic E-state index is 0.978. The first-order chi connectivity index (χ1) is 4.39. The molecule has 0 amide bonds. The Kier molecular flexibility index (Phi) is 7.34. The zero-order chi connectivity index (χ0) is 7.11. The quantitative estimate of drug-likeness (QED) is 0.503. The Hall–Kier alpha value is 0.700. The third-order valence-corrected chi connectivity index (χ3v) is 3.81. The molecular weight excluding hydrogens is 148 g/mol. The molecule has 0 aliphatic carbocycles. The molecule has 0 saturated carbocycles. The van der Waals surface area contributed by atoms with E-state index in [2.05, 4.69) is 6.92 Å². The second-order valence-electron chi connectivity index (χ2n) is 2.00. The van der Waals surface area contributed by atoms with Gasteiger partial charge in [0.15, 0.2) is 0 Å². The number of hydrogen-bond acceptors (Lipinski definition) is 2. The van der Waals surface area contributed by atoms with Crippen LogP contribution in [0.4, 0.5) is 0 Å². The minimum Gasteiger partial charge on any atom is -0.0941 e. The van der Waals surface area contributed by atoms with Crippen LogP contribution in [0.5, 0.6) is 0 Å². The van der Waals surface area contributed by atoms with Crippen molar-refractivity contribution >= 4 is 21.6 Å². The summed E-state index contributed by atoms with van der Waals surface area (Å²) in [6, 6.07) is 0. The summed E-state index contributed by atoms with van der Waals surface area (Å²) in [5, 5.41) is 0. The summed E-state index contributed by atoms with van der Waals surface area (Å²) in [4.78, 5) is 0. The molecule has 1 saturated heterocycles. The van der Waals surface area contributed by atoms with Crippen LogP contribution >= 0.6 is 21.6 Å². The van der Waals surface area contributed by atoms with Crippen molar-refractivity contribution in [1.82, 2.24) is 0 Å². The van der Waals surface area contributed by atoms with Crippen molar-refractivity contribution in [3.05, 3.63) is 0 Å². The van der Waals surface area contributed by atoms with Crippen LogP contribution in [0.1, 0.15) is 27.2 Å². The van der Waals surface area contributed by atoms with E-state index in [1.807, 2.05) is 35.4 Å². The minimum atomic E-state index is 0.978. The average Bonchev–Trinajstić information content (AvgIpc) is 1.94. The second-order valence-corrected chi connectivity index (χ2v) is 4.63. The molecule has 0 aromatic heterocycles. The van der Waals surface area contributed by atoms with Gasteiger partial charge in [0.1, 0.15) is 0 Å². The van der Waals surface area contributed by atoms with E-state index in [1.54, 1.807) is 0 Å². The van der Waals surface area contributed by atoms with Crippen molar-refractivity contribution in [2.75, 3.05) is 11.5 Å². The Bertz CT molecular complexity index is 48.9. The van der Waals surface area contributed by atoms with Gasteiger partial charge in [-0.25, -0.2) is 0 Å². The van der Waals surface area contributed by atoms with Crippen LogP contribution in [0, 0.1) is 5.92 Å². The Morgan fingerprint density at radius 2 is 1.89 bits per heavy atom. The summed E-state index contributed by atoms with van der Waals surface area (Å²) in [7, 11) is 4.04. The normalized spacial score (nSPS) is 26.3. The van der Waals surface area contributed by atoms with Crippen LogP contribution in [0.2, 0.25) is 0 Å². The first kappa shape index (κ1) is 9.70. The van der Waals surface area contributed by atoms with Crippen molar-refractivity contribution in [3.63, 3.8) is 0 Å². The van der Waals surface area contributed by atoms with E-state index < -0.39 is 0 Å². The highest BCUT2D eigenvalue weighted by Crippen LogP contribution is 2.31. The molecule has 2 heteroatoms. The summed E-state index contributed by atoms with van der Waals surface area (Å²) in [6.45, 7) is 6.33. The standard InChI is InChI=1S/C5H10S2.C2H6/c1-5-2-3-6-7-4-5;1-2/h5H,2-4H2,1H3;1-2H3. The van der Waals surface area contributed by atoms with E-state index in [1.165, 1.54) is 17.9 Å². The van der Waals surface area contributed by atoms with Gasteiger partial charge in [0.05, 0.1) is 0 Å². The molecule has 1 unspecified atom stereocenters. The van der Waals surface area contributed by atoms with Gasteiger partial charge < -0.3 is 0 Å². The highest BCUT2D eigenvalue weighted by molar-refractivity contribution is 8.76. The van der Waals surface area contributed by atoms with Crippen molar-refractivity contribution in [2.24, 2.45) is 5.92 Å². The molecule has 56 valence electrons. The maximum atomic E-state index is 2.33. The molecular formula is C7H16S2. The molecule has 0 radical (unpaired) electrons. The Balaban J connectivity index is 0.000000291. The molecule has 1 aliphatic heterocycles. The van der Waals surface area contributed by atoms with Crippen LogP contribution in [0.3, 0.4) is 0 Å². The van der Waals surface area contributed by atoms with Gasteiger partial charge in [-0.1, -0.05) is 42.4 Å². The zero-order valence-corrected chi connectivity index (χ0v) is 8.15. The van der Waals surface area contributed by atoms with Crippen molar-refractivity contribution in [1.29, 1.82) is 0 Å². The van der Waals surface area contributed by atoms with E-state index in [9.17, 15) is 0 Å². The fourth-order valence-corrected chi connectivity index (χ4v) is 3.30. The molecule has 0 N–H and O–H groups in total. The molecule has 1 aliphatic rings. The third-order valence-electron chi connectivity index (χ3n) is 1.13. The number of hydrogen-bond donors (Lipinski definition) is 0. The van der Waals surface area contributed by atoms with E-state index >= 15 is 0 Å². The van der Waals surface area contributed by atoms with Gasteiger partial charge in [-0.2, -0.15) is 0 Å². The first-order valence-electron chi connectivity index (χ1n) is 3.64. The summed E-state index contributed by atoms with van der Waals surface area (Å²) in [6.07, 6.45) is 1.43. The lowest BCUT2D eigenvalue weighted by Gasteiger charge is -2.14. The Morgan fingerprint density at radius 1 is 1.22 bits per heavy atom. The van der Waals surface area contributed by atoms with Crippen molar-refractivity contribution in [3.8, 4) is 0 Å². The van der Waals surface area contributed by atoms with E-state index in [4.69, 9.17) is 0 Å². The number of rotatable bonds is 0. The smallest absolute Gasteiger partial charge is 0.00629 e. The molecule has 1 rings (SSSR count). The maximum Gasteiger partial charge on any atom is 0.00629 e. The van der Waals surface area contributed by atoms with Crippen molar-refractivity contribution < 1.29 is 0 Å². The molecule has 1 fully saturated rings. The summed E-state index contributed by atoms with van der Waals surface area (Å²) < 4.78 is 0. The highest BCUT2D eigenvalue weighted by Gasteiger charge is 2.07. The van der Waals surface area contributed by atoms with E-state index in [0.717, 1.165) is 5.92 Å². The van der Waals surface area contributed by atoms with Crippen LogP contribution in [-0.4, -0.2) is 11.5 Å². The molecule has 0 aromatic rings. The fraction of sp³-hybridized carbons (Fsp3) is 1.00. The lowest BCUT2D eigenvalue weighted by atomic mass is 10.2. The van der Waals surface area contributed by atoms with E-state index in [0.29, 0.717) is 0 Å². The highest BCUT2D eigenvalue weighted by atomic mass is 33.1. The predicted molar refractivity (Wildman–Crippen MR) is 50.0 cm³/mol. The molecule has 0 nitrogen and oxygen atoms in total. The van der Waals surface area contributed by atoms with Gasteiger partial charge in [0.25, 0.3) is 0 Å². The molecule has 0 spiro atoms. The molecule has 9 heavy (non-hydrogen) atoms. The van der Waals surface area contributed by atoms with Crippen LogP contribution < -0.4 is 0 Å². The van der Waals surface area contributed by atoms with Gasteiger partial charge in [-0.15, -0.1) is 0 Å². The lowest BCUT2D eigenvalue weighted by Crippen LogP contribution is -2.02. The first-order valence-corrected chi connectivity index (χ1v) is 6.13. The second kappa shape index (κ2) is 6.81. The van der Waals surface area contributed by atoms with Gasteiger partial charge >= 0.3 is 0 Å². The molecule has 1 heterocycles.